The maximum Gasteiger partial charge on any atom is 0.304 e. The van der Waals surface area contributed by atoms with Crippen LogP contribution >= 0.6 is 22.9 Å². The van der Waals surface area contributed by atoms with Gasteiger partial charge in [0.05, 0.1) is 6.54 Å². The summed E-state index contributed by atoms with van der Waals surface area (Å²) >= 11 is 7.22. The highest BCUT2D eigenvalue weighted by Gasteiger charge is 2.34. The monoisotopic (exact) mass is 374 g/mol. The lowest BCUT2D eigenvalue weighted by Crippen LogP contribution is -2.36. The number of halogens is 1. The molecule has 0 saturated heterocycles. The predicted molar refractivity (Wildman–Crippen MR) is 90.5 cm³/mol. The van der Waals surface area contributed by atoms with Crippen LogP contribution in [0.4, 0.5) is 0 Å². The van der Waals surface area contributed by atoms with E-state index in [1.54, 1.807) is 11.6 Å². The Balaban J connectivity index is 2.01. The van der Waals surface area contributed by atoms with Crippen molar-refractivity contribution in [2.75, 3.05) is 6.54 Å². The smallest absolute Gasteiger partial charge is 0.304 e. The molecule has 8 nitrogen and oxygen atoms in total. The Morgan fingerprint density at radius 3 is 2.83 bits per heavy atom. The van der Waals surface area contributed by atoms with Crippen LogP contribution in [0.3, 0.4) is 0 Å². The Labute approximate surface area is 142 Å². The molecule has 0 unspecified atom stereocenters. The van der Waals surface area contributed by atoms with E-state index in [4.69, 9.17) is 17.3 Å². The molecule has 2 aromatic rings. The second-order valence-electron chi connectivity index (χ2n) is 5.81. The van der Waals surface area contributed by atoms with Crippen LogP contribution in [0.2, 0.25) is 5.15 Å². The van der Waals surface area contributed by atoms with Crippen molar-refractivity contribution in [1.82, 2.24) is 14.4 Å². The summed E-state index contributed by atoms with van der Waals surface area (Å²) in [7, 11) is -4.11. The number of nitrogens with two attached hydrogens (primary N) is 1. The summed E-state index contributed by atoms with van der Waals surface area (Å²) in [6, 6.07) is 0. The molecule has 23 heavy (non-hydrogen) atoms. The molecule has 0 radical (unpaired) electrons. The van der Waals surface area contributed by atoms with Crippen molar-refractivity contribution in [1.29, 1.82) is 0 Å². The number of nitrogens with zero attached hydrogens (tertiary/aromatic N) is 5. The number of sulfonamides is 1. The summed E-state index contributed by atoms with van der Waals surface area (Å²) in [5, 5.41) is 7.02. The molecule has 3 heterocycles. The van der Waals surface area contributed by atoms with Gasteiger partial charge in [-0.05, 0) is 6.92 Å². The topological polar surface area (TPSA) is 105 Å². The van der Waals surface area contributed by atoms with Gasteiger partial charge in [-0.2, -0.15) is 13.5 Å². The fourth-order valence-electron chi connectivity index (χ4n) is 2.16. The lowest BCUT2D eigenvalue weighted by molar-refractivity contribution is 0.381. The van der Waals surface area contributed by atoms with Crippen LogP contribution in [0.15, 0.2) is 26.1 Å². The average Bonchev–Trinajstić information content (AvgIpc) is 3.02. The van der Waals surface area contributed by atoms with E-state index < -0.39 is 10.0 Å². The van der Waals surface area contributed by atoms with Gasteiger partial charge in [0.25, 0.3) is 0 Å². The van der Waals surface area contributed by atoms with E-state index in [-0.39, 0.29) is 21.6 Å². The molecule has 0 spiro atoms. The normalized spacial score (nSPS) is 18.7. The maximum atomic E-state index is 12.6. The third-order valence-electron chi connectivity index (χ3n) is 3.70. The molecule has 1 aliphatic heterocycles. The van der Waals surface area contributed by atoms with Crippen LogP contribution in [0, 0.1) is 5.41 Å². The summed E-state index contributed by atoms with van der Waals surface area (Å²) in [5.41, 5.74) is 6.50. The van der Waals surface area contributed by atoms with Crippen molar-refractivity contribution >= 4 is 49.6 Å². The zero-order valence-electron chi connectivity index (χ0n) is 12.7. The molecule has 0 aromatic carbocycles. The van der Waals surface area contributed by atoms with E-state index in [1.165, 1.54) is 20.7 Å². The van der Waals surface area contributed by atoms with E-state index in [0.29, 0.717) is 11.5 Å². The number of guanidine groups is 1. The lowest BCUT2D eigenvalue weighted by atomic mass is 9.89. The summed E-state index contributed by atoms with van der Waals surface area (Å²) in [6.45, 7) is 6.31. The molecule has 0 saturated carbocycles. The quantitative estimate of drug-likeness (QED) is 0.637. The fraction of sp³-hybridized carbons (Fsp3) is 0.417. The van der Waals surface area contributed by atoms with Crippen molar-refractivity contribution in [3.63, 3.8) is 0 Å². The van der Waals surface area contributed by atoms with Crippen molar-refractivity contribution in [2.24, 2.45) is 20.6 Å². The highest BCUT2D eigenvalue weighted by atomic mass is 35.5. The molecule has 11 heteroatoms. The zero-order valence-corrected chi connectivity index (χ0v) is 15.1. The summed E-state index contributed by atoms with van der Waals surface area (Å²) < 4.78 is 30.2. The predicted octanol–water partition coefficient (Wildman–Crippen LogP) is 1.77. The second kappa shape index (κ2) is 5.18. The van der Waals surface area contributed by atoms with Gasteiger partial charge >= 0.3 is 10.0 Å². The minimum absolute atomic E-state index is 0.130. The molecule has 0 amide bonds. The number of fused-ring (bicyclic) bond motifs is 1. The highest BCUT2D eigenvalue weighted by molar-refractivity contribution is 7.90. The van der Waals surface area contributed by atoms with Gasteiger partial charge in [0.15, 0.2) is 10.1 Å². The van der Waals surface area contributed by atoms with Crippen molar-refractivity contribution < 1.29 is 8.42 Å². The first-order chi connectivity index (χ1) is 10.6. The van der Waals surface area contributed by atoms with Gasteiger partial charge in [-0.3, -0.25) is 4.40 Å². The van der Waals surface area contributed by atoms with Gasteiger partial charge in [0.2, 0.25) is 11.0 Å². The van der Waals surface area contributed by atoms with Crippen molar-refractivity contribution in [3.05, 3.63) is 16.7 Å². The molecular formula is C12H15ClN6O2S2. The SMILES string of the molecule is CC1=NN(/C(N)=N/S(=O)(=O)c2c(Cl)nc3sccn23)CC1(C)C. The molecule has 0 fully saturated rings. The number of thiazole rings is 1. The minimum atomic E-state index is -4.11. The standard InChI is InChI=1S/C12H15ClN6O2S2/c1-7-12(2,3)6-19(16-7)10(14)17-23(20,21)9-8(13)15-11-18(9)4-5-22-11/h4-5H,6H2,1-3H3,(H2,14,17). The third kappa shape index (κ3) is 2.70. The molecular weight excluding hydrogens is 360 g/mol. The Morgan fingerprint density at radius 1 is 1.52 bits per heavy atom. The molecule has 2 aromatic heterocycles. The number of imidazole rings is 1. The van der Waals surface area contributed by atoms with E-state index in [9.17, 15) is 8.42 Å². The van der Waals surface area contributed by atoms with Crippen LogP contribution in [0.25, 0.3) is 4.96 Å². The van der Waals surface area contributed by atoms with Gasteiger partial charge in [-0.25, -0.2) is 9.99 Å². The Bertz CT molecular complexity index is 940. The van der Waals surface area contributed by atoms with Crippen LogP contribution < -0.4 is 5.73 Å². The van der Waals surface area contributed by atoms with Crippen LogP contribution in [-0.4, -0.2) is 41.0 Å². The zero-order chi connectivity index (χ0) is 17.0. The van der Waals surface area contributed by atoms with Gasteiger partial charge < -0.3 is 5.73 Å². The number of hydrazone groups is 1. The van der Waals surface area contributed by atoms with Crippen LogP contribution in [-0.2, 0) is 10.0 Å². The maximum absolute atomic E-state index is 12.6. The van der Waals surface area contributed by atoms with Crippen molar-refractivity contribution in [2.45, 2.75) is 25.8 Å². The van der Waals surface area contributed by atoms with Gasteiger partial charge in [-0.1, -0.05) is 25.4 Å². The minimum Gasteiger partial charge on any atom is -0.367 e. The Kier molecular flexibility index (Phi) is 3.65. The first kappa shape index (κ1) is 16.2. The Morgan fingerprint density at radius 2 is 2.22 bits per heavy atom. The van der Waals surface area contributed by atoms with E-state index >= 15 is 0 Å². The average molecular weight is 375 g/mol. The lowest BCUT2D eigenvalue weighted by Gasteiger charge is -2.19. The molecule has 0 aliphatic carbocycles. The van der Waals surface area contributed by atoms with Crippen molar-refractivity contribution in [3.8, 4) is 0 Å². The van der Waals surface area contributed by atoms with Gasteiger partial charge in [0.1, 0.15) is 0 Å². The number of rotatable bonds is 2. The molecule has 1 aliphatic rings. The molecule has 0 atom stereocenters. The molecule has 124 valence electrons. The van der Waals surface area contributed by atoms with Crippen LogP contribution in [0.1, 0.15) is 20.8 Å². The summed E-state index contributed by atoms with van der Waals surface area (Å²) in [5.74, 6) is -0.198. The third-order valence-corrected chi connectivity index (χ3v) is 6.13. The Hall–Kier alpha value is -1.65. The molecule has 2 N–H and O–H groups in total. The molecule has 0 bridgehead atoms. The van der Waals surface area contributed by atoms with E-state index in [1.807, 2.05) is 20.8 Å². The largest absolute Gasteiger partial charge is 0.367 e. The highest BCUT2D eigenvalue weighted by Crippen LogP contribution is 2.28. The van der Waals surface area contributed by atoms with Gasteiger partial charge in [0, 0.05) is 22.7 Å². The first-order valence-electron chi connectivity index (χ1n) is 6.66. The summed E-state index contributed by atoms with van der Waals surface area (Å²) in [6.07, 6.45) is 1.57. The van der Waals surface area contributed by atoms with Gasteiger partial charge in [-0.15, -0.1) is 15.7 Å². The second-order valence-corrected chi connectivity index (χ2v) is 8.57. The van der Waals surface area contributed by atoms with E-state index in [0.717, 1.165) is 5.71 Å². The van der Waals surface area contributed by atoms with E-state index in [2.05, 4.69) is 14.5 Å². The number of aromatic nitrogens is 2. The first-order valence-corrected chi connectivity index (χ1v) is 9.36. The fourth-order valence-corrected chi connectivity index (χ4v) is 4.52. The number of hydrogen-bond donors (Lipinski definition) is 1. The number of hydrogen-bond acceptors (Lipinski definition) is 5. The van der Waals surface area contributed by atoms with Crippen LogP contribution in [0.5, 0.6) is 0 Å². The summed E-state index contributed by atoms with van der Waals surface area (Å²) in [4.78, 5) is 4.47. The molecule has 3 rings (SSSR count).